The maximum absolute atomic E-state index is 10.0. The van der Waals surface area contributed by atoms with Crippen molar-refractivity contribution in [2.24, 2.45) is 0 Å². The number of rotatable bonds is 4. The zero-order valence-corrected chi connectivity index (χ0v) is 14.8. The SMILES string of the molecule is C.C.COc1c(-c2ccccc2)cc(C)c(S(O)(O)O)c1-c1ccccc1. The maximum atomic E-state index is 10.0. The molecule has 3 aromatic carbocycles. The minimum absolute atomic E-state index is 0. The van der Waals surface area contributed by atoms with E-state index in [0.717, 1.165) is 16.7 Å². The molecule has 0 aliphatic rings. The molecule has 0 heterocycles. The average Bonchev–Trinajstić information content (AvgIpc) is 2.61. The number of hydrogen-bond donors (Lipinski definition) is 3. The summed E-state index contributed by atoms with van der Waals surface area (Å²) in [5.74, 6) is 0.493. The van der Waals surface area contributed by atoms with Crippen molar-refractivity contribution in [1.82, 2.24) is 0 Å². The number of ether oxygens (including phenoxy) is 1. The average molecular weight is 389 g/mol. The Bertz CT molecular complexity index is 872. The van der Waals surface area contributed by atoms with Crippen LogP contribution in [0.5, 0.6) is 5.75 Å². The van der Waals surface area contributed by atoms with Gasteiger partial charge in [-0.2, -0.15) is 0 Å². The minimum Gasteiger partial charge on any atom is -0.495 e. The first-order valence-electron chi connectivity index (χ1n) is 7.76. The van der Waals surface area contributed by atoms with Gasteiger partial charge in [-0.05, 0) is 29.7 Å². The molecule has 3 rings (SSSR count). The van der Waals surface area contributed by atoms with Gasteiger partial charge in [0, 0.05) is 11.1 Å². The van der Waals surface area contributed by atoms with Gasteiger partial charge in [-0.3, -0.25) is 0 Å². The highest BCUT2D eigenvalue weighted by molar-refractivity contribution is 8.19. The summed E-state index contributed by atoms with van der Waals surface area (Å²) in [6.07, 6.45) is 0. The van der Waals surface area contributed by atoms with Gasteiger partial charge in [0.05, 0.1) is 12.0 Å². The summed E-state index contributed by atoms with van der Waals surface area (Å²) in [7, 11) is -2.39. The summed E-state index contributed by atoms with van der Waals surface area (Å²) in [5.41, 5.74) is 3.59. The van der Waals surface area contributed by atoms with Gasteiger partial charge in [-0.1, -0.05) is 75.5 Å². The fraction of sp³-hybridized carbons (Fsp3) is 0.182. The second-order valence-electron chi connectivity index (χ2n) is 5.73. The van der Waals surface area contributed by atoms with Gasteiger partial charge in [0.15, 0.2) is 0 Å². The summed E-state index contributed by atoms with van der Waals surface area (Å²) >= 11 is 0. The number of benzene rings is 3. The molecular formula is C22H28O4S. The van der Waals surface area contributed by atoms with Crippen LogP contribution in [0.25, 0.3) is 22.3 Å². The second kappa shape index (κ2) is 9.06. The van der Waals surface area contributed by atoms with Gasteiger partial charge in [0.25, 0.3) is 0 Å². The van der Waals surface area contributed by atoms with Gasteiger partial charge in [-0.25, -0.2) is 0 Å². The summed E-state index contributed by atoms with van der Waals surface area (Å²) in [6, 6.07) is 20.8. The van der Waals surface area contributed by atoms with Crippen LogP contribution in [0.3, 0.4) is 0 Å². The number of methoxy groups -OCH3 is 1. The van der Waals surface area contributed by atoms with Gasteiger partial charge in [0.1, 0.15) is 16.6 Å². The van der Waals surface area contributed by atoms with Crippen LogP contribution in [0.15, 0.2) is 71.6 Å². The Morgan fingerprint density at radius 3 is 1.70 bits per heavy atom. The molecule has 0 unspecified atom stereocenters. The highest BCUT2D eigenvalue weighted by Gasteiger charge is 2.28. The van der Waals surface area contributed by atoms with Crippen LogP contribution in [0.1, 0.15) is 20.4 Å². The highest BCUT2D eigenvalue weighted by Crippen LogP contribution is 2.55. The third-order valence-electron chi connectivity index (χ3n) is 4.04. The van der Waals surface area contributed by atoms with E-state index in [9.17, 15) is 13.7 Å². The molecule has 0 bridgehead atoms. The molecule has 0 aliphatic heterocycles. The van der Waals surface area contributed by atoms with Crippen LogP contribution in [-0.2, 0) is 0 Å². The summed E-state index contributed by atoms with van der Waals surface area (Å²) in [4.78, 5) is 0.0928. The molecule has 0 spiro atoms. The van der Waals surface area contributed by atoms with E-state index in [2.05, 4.69) is 0 Å². The van der Waals surface area contributed by atoms with Gasteiger partial charge < -0.3 is 18.4 Å². The quantitative estimate of drug-likeness (QED) is 0.442. The van der Waals surface area contributed by atoms with Gasteiger partial charge >= 0.3 is 0 Å². The minimum atomic E-state index is -3.92. The van der Waals surface area contributed by atoms with Crippen molar-refractivity contribution in [1.29, 1.82) is 0 Å². The molecule has 4 nitrogen and oxygen atoms in total. The molecule has 3 aromatic rings. The molecule has 3 N–H and O–H groups in total. The first-order chi connectivity index (χ1) is 11.9. The van der Waals surface area contributed by atoms with E-state index in [-0.39, 0.29) is 19.7 Å². The Kier molecular flexibility index (Phi) is 7.63. The summed E-state index contributed by atoms with van der Waals surface area (Å²) in [5, 5.41) is 0. The fourth-order valence-electron chi connectivity index (χ4n) is 3.05. The molecule has 0 amide bonds. The molecular weight excluding hydrogens is 360 g/mol. The normalized spacial score (nSPS) is 11.1. The van der Waals surface area contributed by atoms with Crippen LogP contribution < -0.4 is 4.74 Å². The monoisotopic (exact) mass is 388 g/mol. The predicted molar refractivity (Wildman–Crippen MR) is 116 cm³/mol. The molecule has 5 heteroatoms. The lowest BCUT2D eigenvalue weighted by Crippen LogP contribution is -2.05. The Hall–Kier alpha value is -2.31. The molecule has 0 atom stereocenters. The summed E-state index contributed by atoms with van der Waals surface area (Å²) < 4.78 is 35.8. The second-order valence-corrected chi connectivity index (χ2v) is 7.18. The van der Waals surface area contributed by atoms with E-state index in [1.807, 2.05) is 60.7 Å². The van der Waals surface area contributed by atoms with Crippen molar-refractivity contribution < 1.29 is 18.4 Å². The van der Waals surface area contributed by atoms with Gasteiger partial charge in [0.2, 0.25) is 0 Å². The molecule has 146 valence electrons. The number of aryl methyl sites for hydroxylation is 1. The lowest BCUT2D eigenvalue weighted by atomic mass is 9.94. The third kappa shape index (κ3) is 4.51. The first-order valence-corrected chi connectivity index (χ1v) is 9.27. The van der Waals surface area contributed by atoms with E-state index in [1.54, 1.807) is 13.0 Å². The third-order valence-corrected chi connectivity index (χ3v) is 5.12. The maximum Gasteiger partial charge on any atom is 0.135 e. The Morgan fingerprint density at radius 1 is 0.778 bits per heavy atom. The molecule has 0 radical (unpaired) electrons. The zero-order valence-electron chi connectivity index (χ0n) is 14.0. The summed E-state index contributed by atoms with van der Waals surface area (Å²) in [6.45, 7) is 1.75. The molecule has 0 aromatic heterocycles. The van der Waals surface area contributed by atoms with Crippen molar-refractivity contribution in [2.75, 3.05) is 7.11 Å². The lowest BCUT2D eigenvalue weighted by molar-refractivity contribution is 0.374. The van der Waals surface area contributed by atoms with E-state index in [1.165, 1.54) is 7.11 Å². The lowest BCUT2D eigenvalue weighted by Gasteiger charge is -2.27. The van der Waals surface area contributed by atoms with Crippen LogP contribution in [-0.4, -0.2) is 20.8 Å². The van der Waals surface area contributed by atoms with Crippen molar-refractivity contribution in [3.8, 4) is 28.0 Å². The first kappa shape index (κ1) is 22.7. The largest absolute Gasteiger partial charge is 0.495 e. The zero-order chi connectivity index (χ0) is 18.0. The Labute approximate surface area is 163 Å². The highest BCUT2D eigenvalue weighted by atomic mass is 32.3. The van der Waals surface area contributed by atoms with Crippen molar-refractivity contribution in [2.45, 2.75) is 26.7 Å². The van der Waals surface area contributed by atoms with E-state index in [0.29, 0.717) is 16.9 Å². The number of hydrogen-bond acceptors (Lipinski definition) is 4. The fourth-order valence-corrected chi connectivity index (χ4v) is 4.02. The van der Waals surface area contributed by atoms with E-state index >= 15 is 0 Å². The van der Waals surface area contributed by atoms with Crippen molar-refractivity contribution in [3.63, 3.8) is 0 Å². The van der Waals surface area contributed by atoms with Crippen molar-refractivity contribution in [3.05, 3.63) is 72.3 Å². The van der Waals surface area contributed by atoms with Gasteiger partial charge in [-0.15, -0.1) is 0 Å². The smallest absolute Gasteiger partial charge is 0.135 e. The molecule has 0 saturated heterocycles. The standard InChI is InChI=1S/C20H20O4S.2CH4/c1-14-13-17(15-9-5-3-6-10-15)19(24-2)18(20(14)25(21,22)23)16-11-7-4-8-12-16;;/h3-13,21-23H,1-2H3;2*1H4. The Balaban J connectivity index is 0.00000182. The molecule has 0 saturated carbocycles. The van der Waals surface area contributed by atoms with Crippen LogP contribution in [0.2, 0.25) is 0 Å². The predicted octanol–water partition coefficient (Wildman–Crippen LogP) is 7.19. The topological polar surface area (TPSA) is 69.9 Å². The molecule has 0 fully saturated rings. The van der Waals surface area contributed by atoms with Crippen LogP contribution in [0.4, 0.5) is 0 Å². The van der Waals surface area contributed by atoms with Crippen molar-refractivity contribution >= 4 is 10.9 Å². The Morgan fingerprint density at radius 2 is 1.26 bits per heavy atom. The van der Waals surface area contributed by atoms with Crippen LogP contribution in [0, 0.1) is 6.92 Å². The van der Waals surface area contributed by atoms with Crippen LogP contribution >= 0.6 is 10.9 Å². The van der Waals surface area contributed by atoms with E-state index < -0.39 is 10.9 Å². The van der Waals surface area contributed by atoms with E-state index in [4.69, 9.17) is 4.74 Å². The molecule has 0 aliphatic carbocycles. The molecule has 27 heavy (non-hydrogen) atoms.